The number of pyridine rings is 1. The molecule has 0 aliphatic heterocycles. The molecule has 0 aliphatic carbocycles. The number of amides is 2. The molecule has 2 aromatic rings. The van der Waals surface area contributed by atoms with Crippen molar-refractivity contribution in [3.05, 3.63) is 58.3 Å². The van der Waals surface area contributed by atoms with Crippen LogP contribution in [0.2, 0.25) is 0 Å². The number of hydrogen-bond acceptors (Lipinski definition) is 6. The number of carbonyl (C=O) groups excluding carboxylic acids is 3. The van der Waals surface area contributed by atoms with Crippen LogP contribution in [0, 0.1) is 0 Å². The van der Waals surface area contributed by atoms with Gasteiger partial charge in [-0.15, -0.1) is 50.9 Å². The van der Waals surface area contributed by atoms with Gasteiger partial charge in [-0.05, 0) is 43.7 Å². The number of hydrogen-bond donors (Lipinski definition) is 4. The molecule has 0 saturated carbocycles. The molecule has 1 aromatic heterocycles. The number of aromatic nitrogens is 1. The molecule has 0 bridgehead atoms. The fourth-order valence-corrected chi connectivity index (χ4v) is 2.92. The zero-order valence-corrected chi connectivity index (χ0v) is 23.8. The Labute approximate surface area is 227 Å². The van der Waals surface area contributed by atoms with Crippen molar-refractivity contribution in [2.45, 2.75) is 25.3 Å². The van der Waals surface area contributed by atoms with Gasteiger partial charge in [0, 0.05) is 16.2 Å². The van der Waals surface area contributed by atoms with Crippen LogP contribution in [0.1, 0.15) is 35.3 Å². The van der Waals surface area contributed by atoms with E-state index in [0.29, 0.717) is 24.2 Å². The minimum absolute atomic E-state index is 0. The van der Waals surface area contributed by atoms with Crippen molar-refractivity contribution in [1.29, 1.82) is 0 Å². The third-order valence-electron chi connectivity index (χ3n) is 4.13. The van der Waals surface area contributed by atoms with Crippen LogP contribution in [0.5, 0.6) is 0 Å². The number of rotatable bonds is 10. The van der Waals surface area contributed by atoms with Gasteiger partial charge in [0.2, 0.25) is 17.6 Å². The highest BCUT2D eigenvalue weighted by molar-refractivity contribution is 9.10. The summed E-state index contributed by atoms with van der Waals surface area (Å²) in [5.41, 5.74) is 12.1. The maximum absolute atomic E-state index is 12.8. The van der Waals surface area contributed by atoms with Crippen LogP contribution in [0.4, 0.5) is 5.69 Å². The van der Waals surface area contributed by atoms with E-state index in [9.17, 15) is 14.4 Å². The van der Waals surface area contributed by atoms with Crippen LogP contribution in [0.15, 0.2) is 47.1 Å². The zero-order valence-electron chi connectivity index (χ0n) is 17.1. The zero-order chi connectivity index (χ0) is 21.2. The third kappa shape index (κ3) is 10.6. The number of carbonyl (C=O) groups is 3. The summed E-state index contributed by atoms with van der Waals surface area (Å²) >= 11 is 3.31. The molecule has 8 nitrogen and oxygen atoms in total. The van der Waals surface area contributed by atoms with Crippen LogP contribution in [0.3, 0.4) is 0 Å². The van der Waals surface area contributed by atoms with Gasteiger partial charge in [0.05, 0.1) is 18.3 Å². The molecule has 0 saturated heterocycles. The van der Waals surface area contributed by atoms with E-state index in [1.807, 2.05) is 0 Å². The summed E-state index contributed by atoms with van der Waals surface area (Å²) in [5.74, 6) is -1.19. The number of nitrogens with zero attached hydrogens (tertiary/aromatic N) is 1. The van der Waals surface area contributed by atoms with E-state index >= 15 is 0 Å². The van der Waals surface area contributed by atoms with E-state index in [2.05, 4.69) is 31.5 Å². The molecule has 0 radical (unpaired) electrons. The predicted octanol–water partition coefficient (Wildman–Crippen LogP) is 3.32. The van der Waals surface area contributed by atoms with Gasteiger partial charge in [-0.1, -0.05) is 34.5 Å². The fraction of sp³-hybridized carbons (Fsp3) is 0.300. The summed E-state index contributed by atoms with van der Waals surface area (Å²) in [7, 11) is 0. The number of nitrogens with two attached hydrogens (primary N) is 2. The summed E-state index contributed by atoms with van der Waals surface area (Å²) in [6, 6.07) is 9.25. The molecule has 1 heterocycles. The summed E-state index contributed by atoms with van der Waals surface area (Å²) in [5, 5.41) is 5.16. The molecule has 0 spiro atoms. The van der Waals surface area contributed by atoms with Crippen molar-refractivity contribution in [1.82, 2.24) is 10.3 Å². The Kier molecular flexibility index (Phi) is 17.9. The SMILES string of the molecule is Br.Br.Br.NCCCC[C@H](N)C(=O)NCC(=O)Nc1ccccc1C(=O)c1cc(Br)ccn1. The first-order chi connectivity index (χ1) is 13.9. The van der Waals surface area contributed by atoms with Gasteiger partial charge in [0.1, 0.15) is 5.69 Å². The van der Waals surface area contributed by atoms with Crippen molar-refractivity contribution >= 4 is 90.2 Å². The van der Waals surface area contributed by atoms with Gasteiger partial charge in [0.15, 0.2) is 0 Å². The average molecular weight is 705 g/mol. The highest BCUT2D eigenvalue weighted by atomic mass is 79.9. The van der Waals surface area contributed by atoms with E-state index in [1.54, 1.807) is 36.4 Å². The van der Waals surface area contributed by atoms with Crippen LogP contribution in [-0.4, -0.2) is 41.7 Å². The van der Waals surface area contributed by atoms with Crippen LogP contribution in [0.25, 0.3) is 0 Å². The Morgan fingerprint density at radius 2 is 1.75 bits per heavy atom. The van der Waals surface area contributed by atoms with Crippen LogP contribution >= 0.6 is 66.9 Å². The summed E-state index contributed by atoms with van der Waals surface area (Å²) in [6.45, 7) is 0.297. The number of para-hydroxylation sites is 1. The molecule has 1 aromatic carbocycles. The highest BCUT2D eigenvalue weighted by Gasteiger charge is 2.18. The third-order valence-corrected chi connectivity index (χ3v) is 4.62. The normalized spacial score (nSPS) is 10.5. The molecule has 2 amide bonds. The average Bonchev–Trinajstić information content (AvgIpc) is 2.72. The number of halogens is 4. The quantitative estimate of drug-likeness (QED) is 0.221. The number of unbranched alkanes of at least 4 members (excludes halogenated alkanes) is 1. The second-order valence-corrected chi connectivity index (χ2v) is 7.31. The number of anilines is 1. The van der Waals surface area contributed by atoms with Crippen molar-refractivity contribution in [2.24, 2.45) is 11.5 Å². The maximum atomic E-state index is 12.8. The Hall–Kier alpha value is -1.18. The molecular formula is C20H27Br4N5O3. The Morgan fingerprint density at radius 3 is 2.41 bits per heavy atom. The molecule has 12 heteroatoms. The van der Waals surface area contributed by atoms with Gasteiger partial charge >= 0.3 is 0 Å². The molecule has 0 fully saturated rings. The highest BCUT2D eigenvalue weighted by Crippen LogP contribution is 2.20. The van der Waals surface area contributed by atoms with Crippen molar-refractivity contribution in [3.8, 4) is 0 Å². The standard InChI is InChI=1S/C20H24BrN5O3.3BrH/c21-13-8-10-24-17(11-13)19(28)14-5-1-2-7-16(14)26-18(27)12-25-20(29)15(23)6-3-4-9-22;;;/h1-2,5,7-8,10-11,15H,3-4,6,9,12,22-23H2,(H,25,29)(H,26,27);3*1H/t15-;;;/m0.../s1. The maximum Gasteiger partial charge on any atom is 0.243 e. The number of ketones is 1. The van der Waals surface area contributed by atoms with Crippen molar-refractivity contribution in [2.75, 3.05) is 18.4 Å². The lowest BCUT2D eigenvalue weighted by atomic mass is 10.1. The number of nitrogens with one attached hydrogen (secondary N) is 2. The Balaban J connectivity index is 0. The van der Waals surface area contributed by atoms with Gasteiger partial charge in [-0.3, -0.25) is 19.4 Å². The largest absolute Gasteiger partial charge is 0.346 e. The van der Waals surface area contributed by atoms with E-state index < -0.39 is 17.9 Å². The van der Waals surface area contributed by atoms with E-state index in [-0.39, 0.29) is 69.0 Å². The number of benzene rings is 1. The summed E-state index contributed by atoms with van der Waals surface area (Å²) in [4.78, 5) is 41.0. The fourth-order valence-electron chi connectivity index (χ4n) is 2.59. The molecular weight excluding hydrogens is 678 g/mol. The van der Waals surface area contributed by atoms with Gasteiger partial charge in [0.25, 0.3) is 0 Å². The lowest BCUT2D eigenvalue weighted by Crippen LogP contribution is -2.43. The minimum atomic E-state index is -0.689. The monoisotopic (exact) mass is 701 g/mol. The molecule has 0 unspecified atom stereocenters. The van der Waals surface area contributed by atoms with E-state index in [0.717, 1.165) is 17.3 Å². The lowest BCUT2D eigenvalue weighted by Gasteiger charge is -2.13. The van der Waals surface area contributed by atoms with Gasteiger partial charge < -0.3 is 22.1 Å². The predicted molar refractivity (Wildman–Crippen MR) is 145 cm³/mol. The molecule has 32 heavy (non-hydrogen) atoms. The topological polar surface area (TPSA) is 140 Å². The van der Waals surface area contributed by atoms with Crippen molar-refractivity contribution in [3.63, 3.8) is 0 Å². The van der Waals surface area contributed by atoms with Gasteiger partial charge in [-0.25, -0.2) is 0 Å². The first-order valence-corrected chi connectivity index (χ1v) is 10.00. The Bertz CT molecular complexity index is 886. The van der Waals surface area contributed by atoms with Gasteiger partial charge in [-0.2, -0.15) is 0 Å². The first-order valence-electron chi connectivity index (χ1n) is 9.21. The lowest BCUT2D eigenvalue weighted by molar-refractivity contribution is -0.125. The van der Waals surface area contributed by atoms with Crippen LogP contribution in [-0.2, 0) is 9.59 Å². The second kappa shape index (κ2) is 17.3. The molecule has 6 N–H and O–H groups in total. The van der Waals surface area contributed by atoms with E-state index in [4.69, 9.17) is 11.5 Å². The molecule has 2 rings (SSSR count). The van der Waals surface area contributed by atoms with E-state index in [1.165, 1.54) is 6.20 Å². The minimum Gasteiger partial charge on any atom is -0.346 e. The van der Waals surface area contributed by atoms with Crippen molar-refractivity contribution < 1.29 is 14.4 Å². The molecule has 178 valence electrons. The smallest absolute Gasteiger partial charge is 0.243 e. The second-order valence-electron chi connectivity index (χ2n) is 6.39. The molecule has 1 atom stereocenters. The summed E-state index contributed by atoms with van der Waals surface area (Å²) in [6.07, 6.45) is 3.56. The first kappa shape index (κ1) is 33.0. The summed E-state index contributed by atoms with van der Waals surface area (Å²) < 4.78 is 0.725. The van der Waals surface area contributed by atoms with Crippen LogP contribution < -0.4 is 22.1 Å². The molecule has 0 aliphatic rings. The Morgan fingerprint density at radius 1 is 1.06 bits per heavy atom.